The van der Waals surface area contributed by atoms with Crippen LogP contribution in [0, 0.1) is 11.8 Å². The molecule has 0 aromatic heterocycles. The first-order valence-electron chi connectivity index (χ1n) is 10.2. The predicted molar refractivity (Wildman–Crippen MR) is 101 cm³/mol. The van der Waals surface area contributed by atoms with Crippen LogP contribution in [0.25, 0.3) is 0 Å². The molecule has 0 aromatic carbocycles. The van der Waals surface area contributed by atoms with E-state index < -0.39 is 0 Å². The van der Waals surface area contributed by atoms with Crippen LogP contribution in [0.5, 0.6) is 0 Å². The number of carbonyl (C=O) groups excluding carboxylic acids is 2. The molecule has 0 atom stereocenters. The van der Waals surface area contributed by atoms with Crippen LogP contribution >= 0.6 is 0 Å². The fraction of sp³-hybridized carbons (Fsp3) is 0.900. The summed E-state index contributed by atoms with van der Waals surface area (Å²) in [4.78, 5) is 31.3. The van der Waals surface area contributed by atoms with Gasteiger partial charge in [0.2, 0.25) is 11.8 Å². The highest BCUT2D eigenvalue weighted by Crippen LogP contribution is 2.22. The van der Waals surface area contributed by atoms with Crippen molar-refractivity contribution in [3.05, 3.63) is 0 Å². The number of hydrogen-bond acceptors (Lipinski definition) is 3. The second-order valence-corrected chi connectivity index (χ2v) is 8.31. The van der Waals surface area contributed by atoms with Gasteiger partial charge in [-0.1, -0.05) is 26.7 Å². The average molecular weight is 352 g/mol. The third-order valence-electron chi connectivity index (χ3n) is 5.61. The van der Waals surface area contributed by atoms with E-state index in [-0.39, 0.29) is 11.8 Å². The summed E-state index contributed by atoms with van der Waals surface area (Å²) in [5.74, 6) is 1.34. The maximum Gasteiger partial charge on any atom is 0.236 e. The molecule has 2 rings (SSSR count). The van der Waals surface area contributed by atoms with Crippen molar-refractivity contribution >= 4 is 11.8 Å². The van der Waals surface area contributed by atoms with Gasteiger partial charge in [0.15, 0.2) is 0 Å². The SMILES string of the molecule is CC(C)CCN(C)CC(=O)N1CCC(C(=O)N2CCCCCC2)CC1. The molecule has 0 saturated carbocycles. The van der Waals surface area contributed by atoms with Gasteiger partial charge in [0.1, 0.15) is 0 Å². The first kappa shape index (κ1) is 20.2. The minimum atomic E-state index is 0.126. The van der Waals surface area contributed by atoms with Crippen molar-refractivity contribution in [2.45, 2.75) is 58.8 Å². The van der Waals surface area contributed by atoms with Crippen LogP contribution < -0.4 is 0 Å². The van der Waals surface area contributed by atoms with E-state index in [1.807, 2.05) is 11.9 Å². The molecule has 5 nitrogen and oxygen atoms in total. The lowest BCUT2D eigenvalue weighted by Gasteiger charge is -2.34. The van der Waals surface area contributed by atoms with E-state index in [1.165, 1.54) is 12.8 Å². The van der Waals surface area contributed by atoms with E-state index >= 15 is 0 Å². The molecule has 0 spiro atoms. The summed E-state index contributed by atoms with van der Waals surface area (Å²) in [6.45, 7) is 9.22. The first-order valence-corrected chi connectivity index (χ1v) is 10.2. The Morgan fingerprint density at radius 2 is 1.56 bits per heavy atom. The van der Waals surface area contributed by atoms with Gasteiger partial charge in [-0.3, -0.25) is 14.5 Å². The van der Waals surface area contributed by atoms with Crippen LogP contribution in [-0.4, -0.2) is 72.8 Å². The molecule has 0 radical (unpaired) electrons. The second kappa shape index (κ2) is 10.1. The standard InChI is InChI=1S/C20H37N3O2/c1-17(2)8-13-21(3)16-19(24)22-14-9-18(10-15-22)20(25)23-11-6-4-5-7-12-23/h17-18H,4-16H2,1-3H3. The monoisotopic (exact) mass is 351 g/mol. The van der Waals surface area contributed by atoms with Gasteiger partial charge in [0, 0.05) is 32.1 Å². The smallest absolute Gasteiger partial charge is 0.236 e. The summed E-state index contributed by atoms with van der Waals surface area (Å²) in [5, 5.41) is 0. The molecule has 0 unspecified atom stereocenters. The zero-order valence-corrected chi connectivity index (χ0v) is 16.5. The minimum Gasteiger partial charge on any atom is -0.342 e. The third-order valence-corrected chi connectivity index (χ3v) is 5.61. The second-order valence-electron chi connectivity index (χ2n) is 8.31. The normalized spacial score (nSPS) is 20.2. The first-order chi connectivity index (χ1) is 12.0. The largest absolute Gasteiger partial charge is 0.342 e. The van der Waals surface area contributed by atoms with E-state index in [1.54, 1.807) is 0 Å². The Hall–Kier alpha value is -1.10. The van der Waals surface area contributed by atoms with Gasteiger partial charge in [0.25, 0.3) is 0 Å². The molecular formula is C20H37N3O2. The van der Waals surface area contributed by atoms with E-state index in [0.717, 1.165) is 64.8 Å². The average Bonchev–Trinajstić information content (AvgIpc) is 2.89. The van der Waals surface area contributed by atoms with E-state index in [2.05, 4.69) is 23.6 Å². The third kappa shape index (κ3) is 6.61. The van der Waals surface area contributed by atoms with Crippen molar-refractivity contribution in [3.8, 4) is 0 Å². The highest BCUT2D eigenvalue weighted by molar-refractivity contribution is 5.81. The molecule has 0 bridgehead atoms. The Morgan fingerprint density at radius 3 is 2.12 bits per heavy atom. The summed E-state index contributed by atoms with van der Waals surface area (Å²) in [5.41, 5.74) is 0. The summed E-state index contributed by atoms with van der Waals surface area (Å²) >= 11 is 0. The van der Waals surface area contributed by atoms with Gasteiger partial charge in [-0.15, -0.1) is 0 Å². The van der Waals surface area contributed by atoms with Crippen LogP contribution in [0.15, 0.2) is 0 Å². The van der Waals surface area contributed by atoms with Gasteiger partial charge in [-0.05, 0) is 51.6 Å². The van der Waals surface area contributed by atoms with E-state index in [4.69, 9.17) is 0 Å². The van der Waals surface area contributed by atoms with Crippen LogP contribution in [-0.2, 0) is 9.59 Å². The molecule has 2 saturated heterocycles. The minimum absolute atomic E-state index is 0.126. The van der Waals surface area contributed by atoms with Crippen molar-refractivity contribution < 1.29 is 9.59 Å². The quantitative estimate of drug-likeness (QED) is 0.739. The van der Waals surface area contributed by atoms with Crippen LogP contribution in [0.3, 0.4) is 0 Å². The Bertz CT molecular complexity index is 423. The van der Waals surface area contributed by atoms with Gasteiger partial charge in [-0.2, -0.15) is 0 Å². The molecule has 25 heavy (non-hydrogen) atoms. The molecule has 2 amide bonds. The number of rotatable bonds is 6. The number of likely N-dealkylation sites (tertiary alicyclic amines) is 2. The highest BCUT2D eigenvalue weighted by Gasteiger charge is 2.30. The molecule has 2 aliphatic heterocycles. The maximum atomic E-state index is 12.7. The van der Waals surface area contributed by atoms with E-state index in [0.29, 0.717) is 18.4 Å². The van der Waals surface area contributed by atoms with Crippen molar-refractivity contribution in [2.75, 3.05) is 46.3 Å². The number of likely N-dealkylation sites (N-methyl/N-ethyl adjacent to an activating group) is 1. The number of hydrogen-bond donors (Lipinski definition) is 0. The van der Waals surface area contributed by atoms with Crippen LogP contribution in [0.1, 0.15) is 58.8 Å². The fourth-order valence-corrected chi connectivity index (χ4v) is 3.81. The molecule has 0 aromatic rings. The molecule has 0 N–H and O–H groups in total. The lowest BCUT2D eigenvalue weighted by molar-refractivity contribution is -0.141. The topological polar surface area (TPSA) is 43.9 Å². The lowest BCUT2D eigenvalue weighted by Crippen LogP contribution is -2.47. The van der Waals surface area contributed by atoms with Crippen LogP contribution in [0.4, 0.5) is 0 Å². The number of piperidine rings is 1. The Labute approximate surface area is 153 Å². The van der Waals surface area contributed by atoms with Gasteiger partial charge < -0.3 is 9.80 Å². The molecule has 0 aliphatic carbocycles. The molecule has 2 fully saturated rings. The maximum absolute atomic E-state index is 12.7. The van der Waals surface area contributed by atoms with Gasteiger partial charge in [-0.25, -0.2) is 0 Å². The molecular weight excluding hydrogens is 314 g/mol. The fourth-order valence-electron chi connectivity index (χ4n) is 3.81. The number of amides is 2. The van der Waals surface area contributed by atoms with Crippen molar-refractivity contribution in [1.29, 1.82) is 0 Å². The van der Waals surface area contributed by atoms with Crippen molar-refractivity contribution in [1.82, 2.24) is 14.7 Å². The summed E-state index contributed by atoms with van der Waals surface area (Å²) in [6, 6.07) is 0. The highest BCUT2D eigenvalue weighted by atomic mass is 16.2. The molecule has 2 heterocycles. The Kier molecular flexibility index (Phi) is 8.20. The van der Waals surface area contributed by atoms with Crippen molar-refractivity contribution in [2.24, 2.45) is 11.8 Å². The summed E-state index contributed by atoms with van der Waals surface area (Å²) in [7, 11) is 2.02. The zero-order chi connectivity index (χ0) is 18.2. The summed E-state index contributed by atoms with van der Waals surface area (Å²) < 4.78 is 0. The Morgan fingerprint density at radius 1 is 0.960 bits per heavy atom. The molecule has 144 valence electrons. The van der Waals surface area contributed by atoms with Gasteiger partial charge in [0.05, 0.1) is 6.54 Å². The van der Waals surface area contributed by atoms with E-state index in [9.17, 15) is 9.59 Å². The number of nitrogens with zero attached hydrogens (tertiary/aromatic N) is 3. The molecule has 5 heteroatoms. The lowest BCUT2D eigenvalue weighted by atomic mass is 9.95. The number of carbonyl (C=O) groups is 2. The zero-order valence-electron chi connectivity index (χ0n) is 16.5. The Balaban J connectivity index is 1.72. The summed E-state index contributed by atoms with van der Waals surface area (Å²) in [6.07, 6.45) is 7.57. The van der Waals surface area contributed by atoms with Crippen molar-refractivity contribution in [3.63, 3.8) is 0 Å². The molecule has 2 aliphatic rings. The van der Waals surface area contributed by atoms with Gasteiger partial charge >= 0.3 is 0 Å². The predicted octanol–water partition coefficient (Wildman–Crippen LogP) is 2.61. The van der Waals surface area contributed by atoms with Crippen LogP contribution in [0.2, 0.25) is 0 Å².